The van der Waals surface area contributed by atoms with Crippen molar-refractivity contribution in [3.8, 4) is 0 Å². The molecule has 3 heteroatoms. The Hall–Kier alpha value is -0.960. The van der Waals surface area contributed by atoms with Gasteiger partial charge in [-0.2, -0.15) is 0 Å². The SMILES string of the molecule is CNCC(c1nc(C)cc(C)n1)C(C)C. The van der Waals surface area contributed by atoms with E-state index < -0.39 is 0 Å². The van der Waals surface area contributed by atoms with Crippen LogP contribution in [0.5, 0.6) is 0 Å². The summed E-state index contributed by atoms with van der Waals surface area (Å²) in [6.45, 7) is 9.40. The molecule has 15 heavy (non-hydrogen) atoms. The number of hydrogen-bond acceptors (Lipinski definition) is 3. The van der Waals surface area contributed by atoms with Gasteiger partial charge >= 0.3 is 0 Å². The number of rotatable bonds is 4. The van der Waals surface area contributed by atoms with Gasteiger partial charge in [0.2, 0.25) is 0 Å². The molecular formula is C12H21N3. The third-order valence-corrected chi connectivity index (χ3v) is 2.56. The molecule has 1 heterocycles. The number of nitrogens with zero attached hydrogens (tertiary/aromatic N) is 2. The van der Waals surface area contributed by atoms with Crippen LogP contribution in [-0.2, 0) is 0 Å². The highest BCUT2D eigenvalue weighted by molar-refractivity contribution is 5.11. The molecule has 0 aliphatic heterocycles. The lowest BCUT2D eigenvalue weighted by Crippen LogP contribution is -2.23. The molecule has 0 saturated heterocycles. The Bertz CT molecular complexity index is 300. The standard InChI is InChI=1S/C12H21N3/c1-8(2)11(7-13-5)12-14-9(3)6-10(4)15-12/h6,8,11,13H,7H2,1-5H3. The predicted octanol–water partition coefficient (Wildman–Crippen LogP) is 2.05. The lowest BCUT2D eigenvalue weighted by atomic mass is 9.94. The van der Waals surface area contributed by atoms with Crippen LogP contribution in [0.3, 0.4) is 0 Å². The van der Waals surface area contributed by atoms with Gasteiger partial charge in [0, 0.05) is 23.9 Å². The molecule has 1 atom stereocenters. The normalized spacial score (nSPS) is 13.2. The van der Waals surface area contributed by atoms with Gasteiger partial charge in [0.1, 0.15) is 5.82 Å². The van der Waals surface area contributed by atoms with Crippen LogP contribution in [-0.4, -0.2) is 23.6 Å². The van der Waals surface area contributed by atoms with Crippen LogP contribution in [0.1, 0.15) is 37.0 Å². The molecule has 3 nitrogen and oxygen atoms in total. The molecule has 84 valence electrons. The number of hydrogen-bond donors (Lipinski definition) is 1. The van der Waals surface area contributed by atoms with Crippen molar-refractivity contribution in [1.82, 2.24) is 15.3 Å². The van der Waals surface area contributed by atoms with Crippen molar-refractivity contribution in [2.45, 2.75) is 33.6 Å². The molecule has 0 aliphatic carbocycles. The molecule has 0 bridgehead atoms. The summed E-state index contributed by atoms with van der Waals surface area (Å²) in [6, 6.07) is 2.01. The van der Waals surface area contributed by atoms with Crippen molar-refractivity contribution in [2.24, 2.45) is 5.92 Å². The van der Waals surface area contributed by atoms with Crippen molar-refractivity contribution >= 4 is 0 Å². The van der Waals surface area contributed by atoms with E-state index >= 15 is 0 Å². The number of likely N-dealkylation sites (N-methyl/N-ethyl adjacent to an activating group) is 1. The van der Waals surface area contributed by atoms with E-state index in [1.807, 2.05) is 27.0 Å². The zero-order valence-electron chi connectivity index (χ0n) is 10.3. The summed E-state index contributed by atoms with van der Waals surface area (Å²) in [5.41, 5.74) is 2.11. The molecule has 0 aliphatic rings. The minimum Gasteiger partial charge on any atom is -0.319 e. The largest absolute Gasteiger partial charge is 0.319 e. The summed E-state index contributed by atoms with van der Waals surface area (Å²) < 4.78 is 0. The smallest absolute Gasteiger partial charge is 0.133 e. The summed E-state index contributed by atoms with van der Waals surface area (Å²) in [6.07, 6.45) is 0. The summed E-state index contributed by atoms with van der Waals surface area (Å²) in [7, 11) is 1.97. The first-order chi connectivity index (χ1) is 7.04. The minimum absolute atomic E-state index is 0.397. The maximum absolute atomic E-state index is 4.52. The van der Waals surface area contributed by atoms with E-state index in [2.05, 4.69) is 29.1 Å². The third kappa shape index (κ3) is 3.27. The molecule has 1 aromatic rings. The van der Waals surface area contributed by atoms with E-state index in [-0.39, 0.29) is 0 Å². The Kier molecular flexibility index (Phi) is 4.21. The fraction of sp³-hybridized carbons (Fsp3) is 0.667. The van der Waals surface area contributed by atoms with Gasteiger partial charge in [0.15, 0.2) is 0 Å². The minimum atomic E-state index is 0.397. The van der Waals surface area contributed by atoms with Gasteiger partial charge < -0.3 is 5.32 Å². The average molecular weight is 207 g/mol. The topological polar surface area (TPSA) is 37.8 Å². The Morgan fingerprint density at radius 2 is 1.73 bits per heavy atom. The molecule has 1 aromatic heterocycles. The van der Waals surface area contributed by atoms with Gasteiger partial charge in [-0.05, 0) is 32.9 Å². The van der Waals surface area contributed by atoms with E-state index in [0.29, 0.717) is 11.8 Å². The first kappa shape index (κ1) is 12.1. The van der Waals surface area contributed by atoms with Crippen LogP contribution >= 0.6 is 0 Å². The highest BCUT2D eigenvalue weighted by atomic mass is 14.9. The van der Waals surface area contributed by atoms with Gasteiger partial charge in [-0.3, -0.25) is 0 Å². The molecule has 0 spiro atoms. The fourth-order valence-electron chi connectivity index (χ4n) is 1.76. The van der Waals surface area contributed by atoms with E-state index in [1.165, 1.54) is 0 Å². The zero-order valence-corrected chi connectivity index (χ0v) is 10.3. The highest BCUT2D eigenvalue weighted by Gasteiger charge is 2.18. The van der Waals surface area contributed by atoms with Gasteiger partial charge in [0.05, 0.1) is 0 Å². The quantitative estimate of drug-likeness (QED) is 0.821. The second-order valence-electron chi connectivity index (χ2n) is 4.42. The van der Waals surface area contributed by atoms with Crippen LogP contribution in [0.25, 0.3) is 0 Å². The van der Waals surface area contributed by atoms with Crippen molar-refractivity contribution in [2.75, 3.05) is 13.6 Å². The second-order valence-corrected chi connectivity index (χ2v) is 4.42. The van der Waals surface area contributed by atoms with E-state index in [1.54, 1.807) is 0 Å². The molecule has 1 unspecified atom stereocenters. The molecule has 1 rings (SSSR count). The van der Waals surface area contributed by atoms with Crippen LogP contribution in [0, 0.1) is 19.8 Å². The first-order valence-corrected chi connectivity index (χ1v) is 5.51. The van der Waals surface area contributed by atoms with Crippen LogP contribution in [0.15, 0.2) is 6.07 Å². The summed E-state index contributed by atoms with van der Waals surface area (Å²) in [5, 5.41) is 3.21. The number of nitrogens with one attached hydrogen (secondary N) is 1. The van der Waals surface area contributed by atoms with Crippen LogP contribution in [0.4, 0.5) is 0 Å². The van der Waals surface area contributed by atoms with Crippen molar-refractivity contribution < 1.29 is 0 Å². The van der Waals surface area contributed by atoms with Crippen LogP contribution in [0.2, 0.25) is 0 Å². The molecule has 1 N–H and O–H groups in total. The summed E-state index contributed by atoms with van der Waals surface area (Å²) in [4.78, 5) is 9.05. The first-order valence-electron chi connectivity index (χ1n) is 5.51. The molecule has 0 amide bonds. The molecule has 0 radical (unpaired) electrons. The Balaban J connectivity index is 2.99. The Labute approximate surface area is 92.3 Å². The molecular weight excluding hydrogens is 186 g/mol. The van der Waals surface area contributed by atoms with Crippen molar-refractivity contribution in [1.29, 1.82) is 0 Å². The molecule has 0 saturated carbocycles. The van der Waals surface area contributed by atoms with Crippen molar-refractivity contribution in [3.05, 3.63) is 23.3 Å². The maximum atomic E-state index is 4.52. The van der Waals surface area contributed by atoms with Gasteiger partial charge in [0.25, 0.3) is 0 Å². The van der Waals surface area contributed by atoms with E-state index in [4.69, 9.17) is 0 Å². The van der Waals surface area contributed by atoms with E-state index in [0.717, 1.165) is 23.8 Å². The van der Waals surface area contributed by atoms with Gasteiger partial charge in [-0.1, -0.05) is 13.8 Å². The third-order valence-electron chi connectivity index (χ3n) is 2.56. The highest BCUT2D eigenvalue weighted by Crippen LogP contribution is 2.20. The number of aryl methyl sites for hydroxylation is 2. The average Bonchev–Trinajstić information content (AvgIpc) is 2.11. The number of aromatic nitrogens is 2. The fourth-order valence-corrected chi connectivity index (χ4v) is 1.76. The maximum Gasteiger partial charge on any atom is 0.133 e. The monoisotopic (exact) mass is 207 g/mol. The Morgan fingerprint density at radius 1 is 1.20 bits per heavy atom. The van der Waals surface area contributed by atoms with Crippen molar-refractivity contribution in [3.63, 3.8) is 0 Å². The Morgan fingerprint density at radius 3 is 2.13 bits per heavy atom. The zero-order chi connectivity index (χ0) is 11.4. The van der Waals surface area contributed by atoms with E-state index in [9.17, 15) is 0 Å². The summed E-state index contributed by atoms with van der Waals surface area (Å²) in [5.74, 6) is 1.92. The van der Waals surface area contributed by atoms with Crippen LogP contribution < -0.4 is 5.32 Å². The lowest BCUT2D eigenvalue weighted by molar-refractivity contribution is 0.456. The van der Waals surface area contributed by atoms with Gasteiger partial charge in [-0.15, -0.1) is 0 Å². The summed E-state index contributed by atoms with van der Waals surface area (Å²) >= 11 is 0. The molecule has 0 aromatic carbocycles. The second kappa shape index (κ2) is 5.21. The predicted molar refractivity (Wildman–Crippen MR) is 63.0 cm³/mol. The lowest BCUT2D eigenvalue weighted by Gasteiger charge is -2.19. The molecule has 0 fully saturated rings. The van der Waals surface area contributed by atoms with Gasteiger partial charge in [-0.25, -0.2) is 9.97 Å².